The number of hydrogen-bond donors (Lipinski definition) is 0. The van der Waals surface area contributed by atoms with Crippen LogP contribution in [0.2, 0.25) is 0 Å². The molecule has 66 heavy (non-hydrogen) atoms. The first-order valence-corrected chi connectivity index (χ1v) is 25.8. The van der Waals surface area contributed by atoms with Gasteiger partial charge in [-0.05, 0) is 131 Å². The summed E-state index contributed by atoms with van der Waals surface area (Å²) in [7, 11) is -2.83. The normalized spacial score (nSPS) is 17.0. The van der Waals surface area contributed by atoms with Crippen LogP contribution >= 0.6 is 0 Å². The van der Waals surface area contributed by atoms with Crippen molar-refractivity contribution < 1.29 is 4.42 Å². The summed E-state index contributed by atoms with van der Waals surface area (Å²) in [6.07, 6.45) is 2.34. The lowest BCUT2D eigenvalue weighted by molar-refractivity contribution is 0.332. The van der Waals surface area contributed by atoms with Gasteiger partial charge in [-0.15, -0.1) is 0 Å². The Bertz CT molecular complexity index is 3790. The summed E-state index contributed by atoms with van der Waals surface area (Å²) in [6, 6.07) is 65.7. The molecule has 1 spiro atoms. The highest BCUT2D eigenvalue weighted by atomic mass is 28.3. The molecule has 1 aromatic heterocycles. The second-order valence-electron chi connectivity index (χ2n) is 21.0. The van der Waals surface area contributed by atoms with Crippen molar-refractivity contribution in [3.8, 4) is 22.3 Å². The van der Waals surface area contributed by atoms with E-state index in [0.29, 0.717) is 0 Å². The number of anilines is 5. The second kappa shape index (κ2) is 12.4. The fraction of sp³-hybridized carbons (Fsp3) is 0.148. The lowest BCUT2D eigenvalue weighted by Crippen LogP contribution is -2.78. The van der Waals surface area contributed by atoms with Gasteiger partial charge in [-0.3, -0.25) is 0 Å². The molecule has 0 N–H and O–H groups in total. The Hall–Kier alpha value is -7.08. The standard InChI is InChI=1S/C61H47BN2OSi/c1-36-31-44-45(61(4,5)30-29-60(44,2)3)34-48(36)63-49-35-52-43(39-19-8-12-24-51(39)65-52)33-46(49)62-58-50(63)32-37-17-6-7-18-38(37)57(58)42-22-16-28-56-59(42)64(62)47-23-11-15-27-55(47)66(56)53-25-13-9-20-40(53)41-21-10-14-26-54(41)66/h6-28,31-35H,29-30H2,1-5H3. The second-order valence-corrected chi connectivity index (χ2v) is 24.7. The highest BCUT2D eigenvalue weighted by molar-refractivity contribution is 7.24. The largest absolute Gasteiger partial charge is 0.456 e. The zero-order valence-corrected chi connectivity index (χ0v) is 39.0. The molecule has 1 aliphatic carbocycles. The number of aryl methyl sites for hydroxylation is 1. The molecule has 4 aliphatic heterocycles. The zero-order valence-electron chi connectivity index (χ0n) is 38.0. The SMILES string of the molecule is Cc1cc2c(cc1N1c3cc4oc5ccccc5c4cc3B3c4c1cc1ccccc1c4-c1cccc4c1N3c1ccccc1[Si]41c3ccccc3-c3ccccc31)C(C)(C)CCC2(C)C. The molecule has 0 fully saturated rings. The van der Waals surface area contributed by atoms with Crippen LogP contribution in [0.5, 0.6) is 0 Å². The van der Waals surface area contributed by atoms with E-state index in [4.69, 9.17) is 4.42 Å². The van der Waals surface area contributed by atoms with Gasteiger partial charge in [0.25, 0.3) is 0 Å². The van der Waals surface area contributed by atoms with Gasteiger partial charge in [0.05, 0.1) is 0 Å². The van der Waals surface area contributed by atoms with Gasteiger partial charge in [0, 0.05) is 50.8 Å². The number of hydrogen-bond acceptors (Lipinski definition) is 3. The van der Waals surface area contributed by atoms with Crippen molar-refractivity contribution in [1.29, 1.82) is 0 Å². The zero-order chi connectivity index (χ0) is 44.0. The maximum absolute atomic E-state index is 6.84. The van der Waals surface area contributed by atoms with Gasteiger partial charge in [-0.25, -0.2) is 0 Å². The van der Waals surface area contributed by atoms with Crippen LogP contribution in [-0.2, 0) is 10.8 Å². The molecular weight excluding hydrogens is 816 g/mol. The molecule has 0 saturated heterocycles. The summed E-state index contributed by atoms with van der Waals surface area (Å²) >= 11 is 0. The van der Waals surface area contributed by atoms with Gasteiger partial charge < -0.3 is 14.1 Å². The van der Waals surface area contributed by atoms with Gasteiger partial charge in [0.2, 0.25) is 0 Å². The molecule has 0 amide bonds. The highest BCUT2D eigenvalue weighted by Crippen LogP contribution is 2.54. The summed E-state index contributed by atoms with van der Waals surface area (Å²) in [5.41, 5.74) is 20.7. The number of benzene rings is 9. The minimum atomic E-state index is -2.83. The number of nitrogens with zero attached hydrogens (tertiary/aromatic N) is 2. The van der Waals surface area contributed by atoms with E-state index in [9.17, 15) is 0 Å². The van der Waals surface area contributed by atoms with Crippen LogP contribution in [0.1, 0.15) is 57.2 Å². The van der Waals surface area contributed by atoms with Crippen LogP contribution in [0, 0.1) is 6.92 Å². The molecule has 5 heteroatoms. The Balaban J connectivity index is 1.12. The number of fused-ring (bicyclic) bond motifs is 19. The minimum Gasteiger partial charge on any atom is -0.456 e. The predicted octanol–water partition coefficient (Wildman–Crippen LogP) is 11.8. The summed E-state index contributed by atoms with van der Waals surface area (Å²) < 4.78 is 6.84. The summed E-state index contributed by atoms with van der Waals surface area (Å²) in [4.78, 5) is 5.43. The van der Waals surface area contributed by atoms with E-state index in [2.05, 4.69) is 214 Å². The van der Waals surface area contributed by atoms with E-state index in [1.165, 1.54) is 116 Å². The molecule has 15 rings (SSSR count). The fourth-order valence-electron chi connectivity index (χ4n) is 13.7. The fourth-order valence-corrected chi connectivity index (χ4v) is 19.3. The van der Waals surface area contributed by atoms with Crippen molar-refractivity contribution in [3.63, 3.8) is 0 Å². The van der Waals surface area contributed by atoms with Crippen molar-refractivity contribution in [2.45, 2.75) is 58.3 Å². The Kier molecular flexibility index (Phi) is 7.00. The van der Waals surface area contributed by atoms with Gasteiger partial charge in [-0.1, -0.05) is 167 Å². The number of rotatable bonds is 1. The van der Waals surface area contributed by atoms with Crippen LogP contribution < -0.4 is 41.4 Å². The molecule has 3 nitrogen and oxygen atoms in total. The van der Waals surface area contributed by atoms with Crippen LogP contribution in [-0.4, -0.2) is 14.9 Å². The molecule has 0 unspecified atom stereocenters. The average Bonchev–Trinajstić information content (AvgIpc) is 3.85. The first-order chi connectivity index (χ1) is 32.1. The lowest BCUT2D eigenvalue weighted by atomic mass is 9.43. The van der Waals surface area contributed by atoms with Crippen LogP contribution in [0.15, 0.2) is 174 Å². The molecule has 9 aromatic carbocycles. The van der Waals surface area contributed by atoms with Crippen molar-refractivity contribution in [1.82, 2.24) is 0 Å². The van der Waals surface area contributed by atoms with Gasteiger partial charge in [0.15, 0.2) is 8.07 Å². The maximum atomic E-state index is 6.84. The predicted molar refractivity (Wildman–Crippen MR) is 281 cm³/mol. The Morgan fingerprint density at radius 2 is 1.12 bits per heavy atom. The molecule has 10 aromatic rings. The molecule has 0 bridgehead atoms. The quantitative estimate of drug-likeness (QED) is 0.153. The lowest BCUT2D eigenvalue weighted by Gasteiger charge is -2.52. The van der Waals surface area contributed by atoms with E-state index in [1.807, 2.05) is 0 Å². The van der Waals surface area contributed by atoms with Crippen molar-refractivity contribution >= 4 is 108 Å². The molecule has 0 saturated carbocycles. The van der Waals surface area contributed by atoms with Crippen LogP contribution in [0.4, 0.5) is 28.4 Å². The molecule has 314 valence electrons. The number of para-hydroxylation sites is 3. The third-order valence-electron chi connectivity index (χ3n) is 16.8. The van der Waals surface area contributed by atoms with E-state index < -0.39 is 8.07 Å². The van der Waals surface area contributed by atoms with Crippen molar-refractivity contribution in [2.24, 2.45) is 0 Å². The third-order valence-corrected chi connectivity index (χ3v) is 21.7. The first-order valence-electron chi connectivity index (χ1n) is 23.8. The van der Waals surface area contributed by atoms with E-state index >= 15 is 0 Å². The molecule has 5 aliphatic rings. The van der Waals surface area contributed by atoms with Gasteiger partial charge in [-0.2, -0.15) is 0 Å². The number of furan rings is 1. The molecule has 0 radical (unpaired) electrons. The summed E-state index contributed by atoms with van der Waals surface area (Å²) in [5.74, 6) is 0. The van der Waals surface area contributed by atoms with Gasteiger partial charge in [0.1, 0.15) is 11.2 Å². The Morgan fingerprint density at radius 1 is 0.500 bits per heavy atom. The third kappa shape index (κ3) is 4.41. The molecule has 5 heterocycles. The molecule has 0 atom stereocenters. The molecular formula is C61H47BN2OSi. The summed E-state index contributed by atoms with van der Waals surface area (Å²) in [5, 5.41) is 10.8. The minimum absolute atomic E-state index is 0.0458. The van der Waals surface area contributed by atoms with Crippen LogP contribution in [0.25, 0.3) is 55.0 Å². The van der Waals surface area contributed by atoms with Crippen molar-refractivity contribution in [2.75, 3.05) is 9.71 Å². The topological polar surface area (TPSA) is 19.6 Å². The van der Waals surface area contributed by atoms with E-state index in [1.54, 1.807) is 0 Å². The van der Waals surface area contributed by atoms with Crippen molar-refractivity contribution in [3.05, 3.63) is 187 Å². The Morgan fingerprint density at radius 3 is 1.89 bits per heavy atom. The van der Waals surface area contributed by atoms with Gasteiger partial charge >= 0.3 is 6.85 Å². The Labute approximate surface area is 387 Å². The smallest absolute Gasteiger partial charge is 0.333 e. The first kappa shape index (κ1) is 37.2. The maximum Gasteiger partial charge on any atom is 0.333 e. The monoisotopic (exact) mass is 862 g/mol. The summed E-state index contributed by atoms with van der Waals surface area (Å²) in [6.45, 7) is 12.0. The van der Waals surface area contributed by atoms with E-state index in [0.717, 1.165) is 28.4 Å². The average molecular weight is 863 g/mol. The van der Waals surface area contributed by atoms with Crippen LogP contribution in [0.3, 0.4) is 0 Å². The van der Waals surface area contributed by atoms with E-state index in [-0.39, 0.29) is 17.7 Å². The highest BCUT2D eigenvalue weighted by Gasteiger charge is 2.58.